The van der Waals surface area contributed by atoms with Gasteiger partial charge in [-0.3, -0.25) is 0 Å². The molecule has 0 saturated heterocycles. The van der Waals surface area contributed by atoms with Gasteiger partial charge in [0.15, 0.2) is 0 Å². The molecule has 0 saturated carbocycles. The molecular weight excluding hydrogens is 264 g/mol. The predicted molar refractivity (Wildman–Crippen MR) is 72.2 cm³/mol. The molecule has 0 rings (SSSR count). The molecule has 0 aliphatic heterocycles. The Hall–Kier alpha value is 1.18. The zero-order valence-corrected chi connectivity index (χ0v) is 11.8. The van der Waals surface area contributed by atoms with Gasteiger partial charge in [0.2, 0.25) is 0 Å². The fraction of sp³-hybridized carbons (Fsp3) is 1.00. The lowest BCUT2D eigenvalue weighted by molar-refractivity contribution is 0.582. The Labute approximate surface area is 102 Å². The van der Waals surface area contributed by atoms with Gasteiger partial charge in [-0.05, 0) is 6.42 Å². The number of alkyl halides is 1. The largest absolute Gasteiger partial charge is 0.151 e. The van der Waals surface area contributed by atoms with Crippen LogP contribution in [0.15, 0.2) is 0 Å². The van der Waals surface area contributed by atoms with Gasteiger partial charge in [0.05, 0.1) is 0 Å². The topological polar surface area (TPSA) is 0 Å². The van der Waals surface area contributed by atoms with Gasteiger partial charge in [0.1, 0.15) is 2.99 Å². The summed E-state index contributed by atoms with van der Waals surface area (Å²) in [5, 5.41) is 0. The molecule has 0 unspecified atom stereocenters. The summed E-state index contributed by atoms with van der Waals surface area (Å²) in [5.74, 6) is 0. The summed E-state index contributed by atoms with van der Waals surface area (Å²) >= 11 is 12.0. The Kier molecular flexibility index (Phi) is 9.26. The molecule has 80 valence electrons. The highest BCUT2D eigenvalue weighted by Crippen LogP contribution is 2.33. The van der Waals surface area contributed by atoms with Crippen LogP contribution in [-0.4, -0.2) is 2.99 Å². The van der Waals surface area contributed by atoms with E-state index in [0.717, 1.165) is 6.42 Å². The van der Waals surface area contributed by atoms with Crippen LogP contribution in [0.2, 0.25) is 0 Å². The summed E-state index contributed by atoms with van der Waals surface area (Å²) < 4.78 is -0.254. The Bertz CT molecular complexity index is 110. The van der Waals surface area contributed by atoms with Gasteiger partial charge in [-0.25, -0.2) is 0 Å². The highest BCUT2D eigenvalue weighted by Gasteiger charge is 2.13. The van der Waals surface area contributed by atoms with Crippen molar-refractivity contribution in [1.82, 2.24) is 0 Å². The Morgan fingerprint density at radius 2 is 1.38 bits per heavy atom. The number of hydrogen-bond acceptors (Lipinski definition) is 2. The summed E-state index contributed by atoms with van der Waals surface area (Å²) in [6.07, 6.45) is 10.5. The standard InChI is InChI=1S/C10H21BrS2/c1-2-3-4-5-6-7-8-9-10(11,12)13/h12-13H,2-9H2,1H3. The average Bonchev–Trinajstić information content (AvgIpc) is 2.01. The van der Waals surface area contributed by atoms with E-state index in [1.54, 1.807) is 0 Å². The van der Waals surface area contributed by atoms with Crippen molar-refractivity contribution in [1.29, 1.82) is 0 Å². The maximum Gasteiger partial charge on any atom is 0.110 e. The molecule has 0 aliphatic rings. The molecule has 0 N–H and O–H groups in total. The van der Waals surface area contributed by atoms with Crippen molar-refractivity contribution in [3.05, 3.63) is 0 Å². The maximum absolute atomic E-state index is 4.29. The minimum atomic E-state index is -0.254. The van der Waals surface area contributed by atoms with E-state index in [1.165, 1.54) is 44.9 Å². The van der Waals surface area contributed by atoms with Gasteiger partial charge in [-0.15, -0.1) is 0 Å². The van der Waals surface area contributed by atoms with E-state index < -0.39 is 0 Å². The van der Waals surface area contributed by atoms with Gasteiger partial charge in [0, 0.05) is 0 Å². The quantitative estimate of drug-likeness (QED) is 0.265. The number of thiol groups is 2. The smallest absolute Gasteiger partial charge is 0.110 e. The van der Waals surface area contributed by atoms with E-state index in [4.69, 9.17) is 0 Å². The van der Waals surface area contributed by atoms with Crippen LogP contribution in [0.25, 0.3) is 0 Å². The van der Waals surface area contributed by atoms with Gasteiger partial charge < -0.3 is 0 Å². The highest BCUT2D eigenvalue weighted by atomic mass is 79.9. The minimum absolute atomic E-state index is 0.254. The molecule has 0 bridgehead atoms. The van der Waals surface area contributed by atoms with Crippen molar-refractivity contribution in [2.45, 2.75) is 61.3 Å². The molecule has 0 aromatic rings. The molecule has 0 aromatic carbocycles. The van der Waals surface area contributed by atoms with E-state index >= 15 is 0 Å². The second-order valence-corrected chi connectivity index (χ2v) is 8.05. The molecule has 3 heteroatoms. The van der Waals surface area contributed by atoms with Crippen LogP contribution in [0, 0.1) is 0 Å². The molecule has 0 nitrogen and oxygen atoms in total. The van der Waals surface area contributed by atoms with Crippen molar-refractivity contribution < 1.29 is 0 Å². The van der Waals surface area contributed by atoms with Crippen molar-refractivity contribution >= 4 is 41.2 Å². The zero-order chi connectivity index (χ0) is 10.2. The zero-order valence-electron chi connectivity index (χ0n) is 8.43. The Morgan fingerprint density at radius 1 is 0.923 bits per heavy atom. The Morgan fingerprint density at radius 3 is 1.85 bits per heavy atom. The fourth-order valence-electron chi connectivity index (χ4n) is 1.31. The van der Waals surface area contributed by atoms with Gasteiger partial charge in [-0.2, -0.15) is 25.3 Å². The lowest BCUT2D eigenvalue weighted by Gasteiger charge is -2.13. The third-order valence-electron chi connectivity index (χ3n) is 2.10. The van der Waals surface area contributed by atoms with Crippen LogP contribution in [-0.2, 0) is 0 Å². The lowest BCUT2D eigenvalue weighted by atomic mass is 10.1. The highest BCUT2D eigenvalue weighted by molar-refractivity contribution is 9.13. The SMILES string of the molecule is CCCCCCCCCC(S)(S)Br. The van der Waals surface area contributed by atoms with E-state index in [9.17, 15) is 0 Å². The van der Waals surface area contributed by atoms with E-state index in [-0.39, 0.29) is 2.99 Å². The summed E-state index contributed by atoms with van der Waals surface area (Å²) in [6.45, 7) is 2.25. The number of hydrogen-bond donors (Lipinski definition) is 2. The first kappa shape index (κ1) is 14.2. The molecule has 0 aromatic heterocycles. The van der Waals surface area contributed by atoms with E-state index in [1.807, 2.05) is 0 Å². The second kappa shape index (κ2) is 8.49. The van der Waals surface area contributed by atoms with E-state index in [2.05, 4.69) is 48.1 Å². The summed E-state index contributed by atoms with van der Waals surface area (Å²) in [5.41, 5.74) is 0. The molecule has 13 heavy (non-hydrogen) atoms. The number of unbranched alkanes of at least 4 members (excludes halogenated alkanes) is 6. The maximum atomic E-state index is 4.29. The van der Waals surface area contributed by atoms with Crippen LogP contribution >= 0.6 is 41.2 Å². The molecule has 0 spiro atoms. The summed E-state index contributed by atoms with van der Waals surface area (Å²) in [4.78, 5) is 0. The molecule has 0 aliphatic carbocycles. The van der Waals surface area contributed by atoms with Crippen LogP contribution < -0.4 is 0 Å². The minimum Gasteiger partial charge on any atom is -0.151 e. The molecule has 0 radical (unpaired) electrons. The van der Waals surface area contributed by atoms with Crippen LogP contribution in [0.3, 0.4) is 0 Å². The predicted octanol–water partition coefficient (Wildman–Crippen LogP) is 5.04. The first-order valence-corrected chi connectivity index (χ1v) is 6.88. The van der Waals surface area contributed by atoms with Crippen molar-refractivity contribution in [3.63, 3.8) is 0 Å². The van der Waals surface area contributed by atoms with Gasteiger partial charge in [0.25, 0.3) is 0 Å². The van der Waals surface area contributed by atoms with Crippen molar-refractivity contribution in [3.8, 4) is 0 Å². The van der Waals surface area contributed by atoms with Crippen LogP contribution in [0.1, 0.15) is 58.3 Å². The molecule has 0 atom stereocenters. The number of rotatable bonds is 8. The fourth-order valence-corrected chi connectivity index (χ4v) is 1.90. The molecular formula is C10H21BrS2. The normalized spacial score (nSPS) is 12.0. The lowest BCUT2D eigenvalue weighted by Crippen LogP contribution is -2.00. The van der Waals surface area contributed by atoms with Crippen LogP contribution in [0.5, 0.6) is 0 Å². The first-order valence-electron chi connectivity index (χ1n) is 5.20. The summed E-state index contributed by atoms with van der Waals surface area (Å²) in [6, 6.07) is 0. The van der Waals surface area contributed by atoms with Crippen molar-refractivity contribution in [2.75, 3.05) is 0 Å². The third kappa shape index (κ3) is 13.2. The van der Waals surface area contributed by atoms with E-state index in [0.29, 0.717) is 0 Å². The Balaban J connectivity index is 3.00. The first-order chi connectivity index (χ1) is 6.06. The van der Waals surface area contributed by atoms with Gasteiger partial charge in [-0.1, -0.05) is 67.8 Å². The molecule has 0 heterocycles. The number of halogens is 1. The van der Waals surface area contributed by atoms with Gasteiger partial charge >= 0.3 is 0 Å². The average molecular weight is 285 g/mol. The third-order valence-corrected chi connectivity index (χ3v) is 2.94. The molecule has 0 fully saturated rings. The van der Waals surface area contributed by atoms with Crippen LogP contribution in [0.4, 0.5) is 0 Å². The second-order valence-electron chi connectivity index (χ2n) is 3.59. The summed E-state index contributed by atoms with van der Waals surface area (Å²) in [7, 11) is 0. The van der Waals surface area contributed by atoms with Crippen molar-refractivity contribution in [2.24, 2.45) is 0 Å². The monoisotopic (exact) mass is 284 g/mol. The molecule has 0 amide bonds.